The van der Waals surface area contributed by atoms with E-state index in [1.165, 1.54) is 5.56 Å². The van der Waals surface area contributed by atoms with E-state index in [1.54, 1.807) is 6.33 Å². The summed E-state index contributed by atoms with van der Waals surface area (Å²) in [6.45, 7) is 7.94. The van der Waals surface area contributed by atoms with Crippen LogP contribution < -0.4 is 5.32 Å². The zero-order valence-electron chi connectivity index (χ0n) is 11.8. The summed E-state index contributed by atoms with van der Waals surface area (Å²) in [6, 6.07) is 4.18. The molecule has 1 heterocycles. The minimum absolute atomic E-state index is 0.549. The number of hydrogen-bond donors (Lipinski definition) is 1. The Morgan fingerprint density at radius 3 is 2.50 bits per heavy atom. The Kier molecular flexibility index (Phi) is 5.21. The highest BCUT2D eigenvalue weighted by Gasteiger charge is 2.09. The zero-order valence-corrected chi connectivity index (χ0v) is 15.0. The third-order valence-electron chi connectivity index (χ3n) is 2.84. The van der Waals surface area contributed by atoms with E-state index >= 15 is 0 Å². The lowest BCUT2D eigenvalue weighted by atomic mass is 10.2. The van der Waals surface area contributed by atoms with E-state index in [-0.39, 0.29) is 0 Å². The van der Waals surface area contributed by atoms with Crippen LogP contribution in [0, 0.1) is 12.8 Å². The quantitative estimate of drug-likeness (QED) is 0.808. The minimum Gasteiger partial charge on any atom is -0.376 e. The number of aromatic nitrogens is 3. The average molecular weight is 402 g/mol. The zero-order chi connectivity index (χ0) is 14.7. The van der Waals surface area contributed by atoms with Gasteiger partial charge in [0.1, 0.15) is 12.2 Å². The molecule has 2 aromatic rings. The number of nitrogens with one attached hydrogen (secondary N) is 1. The fourth-order valence-electron chi connectivity index (χ4n) is 1.96. The Morgan fingerprint density at radius 2 is 1.90 bits per heavy atom. The first-order valence-corrected chi connectivity index (χ1v) is 8.12. The van der Waals surface area contributed by atoms with Gasteiger partial charge in [-0.05, 0) is 62.4 Å². The molecule has 1 N–H and O–H groups in total. The lowest BCUT2D eigenvalue weighted by Gasteiger charge is -2.13. The molecule has 6 heteroatoms. The molecule has 0 amide bonds. The van der Waals surface area contributed by atoms with E-state index in [1.807, 2.05) is 4.68 Å². The van der Waals surface area contributed by atoms with E-state index in [0.29, 0.717) is 12.5 Å². The fraction of sp³-hybridized carbons (Fsp3) is 0.429. The Labute approximate surface area is 136 Å². The monoisotopic (exact) mass is 400 g/mol. The number of halogens is 2. The standard InChI is InChI=1S/C14H18Br2N4/c1-9(2)7-20-13(18-8-19-20)6-17-14-11(15)4-10(3)5-12(14)16/h4-5,8-9,17H,6-7H2,1-3H3. The highest BCUT2D eigenvalue weighted by molar-refractivity contribution is 9.11. The number of anilines is 1. The summed E-state index contributed by atoms with van der Waals surface area (Å²) in [6.07, 6.45) is 1.61. The molecule has 0 radical (unpaired) electrons. The van der Waals surface area contributed by atoms with Gasteiger partial charge in [0.15, 0.2) is 0 Å². The normalized spacial score (nSPS) is 11.1. The van der Waals surface area contributed by atoms with Crippen molar-refractivity contribution in [2.75, 3.05) is 5.32 Å². The van der Waals surface area contributed by atoms with Crippen molar-refractivity contribution < 1.29 is 0 Å². The molecule has 0 spiro atoms. The second kappa shape index (κ2) is 6.72. The third kappa shape index (κ3) is 3.82. The lowest BCUT2D eigenvalue weighted by Crippen LogP contribution is -2.13. The number of hydrogen-bond acceptors (Lipinski definition) is 3. The minimum atomic E-state index is 0.549. The van der Waals surface area contributed by atoms with Crippen molar-refractivity contribution in [1.82, 2.24) is 14.8 Å². The van der Waals surface area contributed by atoms with Crippen molar-refractivity contribution in [3.8, 4) is 0 Å². The fourth-order valence-corrected chi connectivity index (χ4v) is 3.66. The molecule has 0 saturated carbocycles. The van der Waals surface area contributed by atoms with E-state index < -0.39 is 0 Å². The first-order valence-electron chi connectivity index (χ1n) is 6.53. The Morgan fingerprint density at radius 1 is 1.25 bits per heavy atom. The summed E-state index contributed by atoms with van der Waals surface area (Å²) < 4.78 is 4.03. The molecule has 0 atom stereocenters. The van der Waals surface area contributed by atoms with Gasteiger partial charge in [0.05, 0.1) is 12.2 Å². The highest BCUT2D eigenvalue weighted by atomic mass is 79.9. The van der Waals surface area contributed by atoms with Gasteiger partial charge >= 0.3 is 0 Å². The summed E-state index contributed by atoms with van der Waals surface area (Å²) in [4.78, 5) is 4.32. The van der Waals surface area contributed by atoms with Gasteiger partial charge in [-0.1, -0.05) is 13.8 Å². The Balaban J connectivity index is 2.12. The average Bonchev–Trinajstić information content (AvgIpc) is 2.74. The van der Waals surface area contributed by atoms with Crippen molar-refractivity contribution in [2.45, 2.75) is 33.9 Å². The Bertz CT molecular complexity index is 570. The van der Waals surface area contributed by atoms with E-state index in [4.69, 9.17) is 0 Å². The predicted octanol–water partition coefficient (Wildman–Crippen LogP) is 4.38. The van der Waals surface area contributed by atoms with Crippen LogP contribution in [0.4, 0.5) is 5.69 Å². The highest BCUT2D eigenvalue weighted by Crippen LogP contribution is 2.32. The van der Waals surface area contributed by atoms with Gasteiger partial charge in [-0.2, -0.15) is 5.10 Å². The summed E-state index contributed by atoms with van der Waals surface area (Å²) in [5.41, 5.74) is 2.24. The van der Waals surface area contributed by atoms with Crippen LogP contribution >= 0.6 is 31.9 Å². The topological polar surface area (TPSA) is 42.7 Å². The van der Waals surface area contributed by atoms with Gasteiger partial charge < -0.3 is 5.32 Å². The lowest BCUT2D eigenvalue weighted by molar-refractivity contribution is 0.468. The second-order valence-electron chi connectivity index (χ2n) is 5.21. The molecule has 0 aliphatic rings. The molecule has 1 aromatic heterocycles. The van der Waals surface area contributed by atoms with E-state index in [2.05, 4.69) is 80.2 Å². The summed E-state index contributed by atoms with van der Waals surface area (Å²) in [5.74, 6) is 1.49. The van der Waals surface area contributed by atoms with Gasteiger partial charge in [-0.25, -0.2) is 9.67 Å². The van der Waals surface area contributed by atoms with Crippen molar-refractivity contribution in [2.24, 2.45) is 5.92 Å². The number of rotatable bonds is 5. The smallest absolute Gasteiger partial charge is 0.146 e. The van der Waals surface area contributed by atoms with Crippen molar-refractivity contribution in [3.05, 3.63) is 38.8 Å². The van der Waals surface area contributed by atoms with Crippen LogP contribution in [0.1, 0.15) is 25.2 Å². The molecular formula is C14H18Br2N4. The number of nitrogens with zero attached hydrogens (tertiary/aromatic N) is 3. The van der Waals surface area contributed by atoms with Gasteiger partial charge in [0.2, 0.25) is 0 Å². The van der Waals surface area contributed by atoms with Crippen molar-refractivity contribution >= 4 is 37.5 Å². The maximum atomic E-state index is 4.32. The van der Waals surface area contributed by atoms with E-state index in [9.17, 15) is 0 Å². The van der Waals surface area contributed by atoms with Crippen LogP contribution in [-0.2, 0) is 13.1 Å². The maximum absolute atomic E-state index is 4.32. The largest absolute Gasteiger partial charge is 0.376 e. The second-order valence-corrected chi connectivity index (χ2v) is 6.92. The summed E-state index contributed by atoms with van der Waals surface area (Å²) >= 11 is 7.17. The first kappa shape index (κ1) is 15.5. The molecule has 0 saturated heterocycles. The predicted molar refractivity (Wildman–Crippen MR) is 88.8 cm³/mol. The molecular weight excluding hydrogens is 384 g/mol. The SMILES string of the molecule is Cc1cc(Br)c(NCc2ncnn2CC(C)C)c(Br)c1. The molecule has 1 aromatic carbocycles. The van der Waals surface area contributed by atoms with Crippen molar-refractivity contribution in [3.63, 3.8) is 0 Å². The third-order valence-corrected chi connectivity index (χ3v) is 4.09. The maximum Gasteiger partial charge on any atom is 0.146 e. The molecule has 0 fully saturated rings. The van der Waals surface area contributed by atoms with Gasteiger partial charge in [-0.3, -0.25) is 0 Å². The summed E-state index contributed by atoms with van der Waals surface area (Å²) in [7, 11) is 0. The van der Waals surface area contributed by atoms with E-state index in [0.717, 1.165) is 27.0 Å². The van der Waals surface area contributed by atoms with Gasteiger partial charge in [-0.15, -0.1) is 0 Å². The number of benzene rings is 1. The molecule has 0 aliphatic carbocycles. The van der Waals surface area contributed by atoms with Crippen LogP contribution in [0.15, 0.2) is 27.4 Å². The molecule has 2 rings (SSSR count). The van der Waals surface area contributed by atoms with Crippen LogP contribution in [0.3, 0.4) is 0 Å². The van der Waals surface area contributed by atoms with Crippen LogP contribution in [0.25, 0.3) is 0 Å². The molecule has 108 valence electrons. The van der Waals surface area contributed by atoms with Gasteiger partial charge in [0.25, 0.3) is 0 Å². The van der Waals surface area contributed by atoms with Crippen LogP contribution in [0.5, 0.6) is 0 Å². The first-order chi connectivity index (χ1) is 9.47. The molecule has 0 bridgehead atoms. The molecule has 20 heavy (non-hydrogen) atoms. The van der Waals surface area contributed by atoms with Gasteiger partial charge in [0, 0.05) is 15.5 Å². The van der Waals surface area contributed by atoms with Crippen molar-refractivity contribution in [1.29, 1.82) is 0 Å². The number of aryl methyl sites for hydroxylation is 1. The summed E-state index contributed by atoms with van der Waals surface area (Å²) in [5, 5.41) is 7.68. The van der Waals surface area contributed by atoms with Crippen LogP contribution in [-0.4, -0.2) is 14.8 Å². The molecule has 0 unspecified atom stereocenters. The molecule has 4 nitrogen and oxygen atoms in total. The van der Waals surface area contributed by atoms with Crippen LogP contribution in [0.2, 0.25) is 0 Å². The molecule has 0 aliphatic heterocycles. The Hall–Kier alpha value is -0.880.